The molecular formula is C32H34ClFN4O4. The fourth-order valence-electron chi connectivity index (χ4n) is 5.90. The zero-order valence-electron chi connectivity index (χ0n) is 23.3. The lowest BCUT2D eigenvalue weighted by molar-refractivity contribution is 0.00581. The normalized spacial score (nSPS) is 18.4. The van der Waals surface area contributed by atoms with Crippen LogP contribution in [0.3, 0.4) is 0 Å². The van der Waals surface area contributed by atoms with E-state index in [4.69, 9.17) is 31.0 Å². The van der Waals surface area contributed by atoms with E-state index in [-0.39, 0.29) is 18.3 Å². The second-order valence-electron chi connectivity index (χ2n) is 11.1. The molecule has 8 nitrogen and oxygen atoms in total. The predicted molar refractivity (Wildman–Crippen MR) is 158 cm³/mol. The van der Waals surface area contributed by atoms with Crippen LogP contribution in [0.5, 0.6) is 5.88 Å². The molecule has 2 aromatic heterocycles. The van der Waals surface area contributed by atoms with Crippen LogP contribution in [0.1, 0.15) is 65.5 Å². The smallest absolute Gasteiger partial charge is 0.335 e. The summed E-state index contributed by atoms with van der Waals surface area (Å²) in [6.07, 6.45) is 5.20. The maximum atomic E-state index is 14.1. The highest BCUT2D eigenvalue weighted by Gasteiger charge is 2.25. The molecule has 2 fully saturated rings. The molecule has 0 amide bonds. The average Bonchev–Trinajstić information content (AvgIpc) is 3.33. The van der Waals surface area contributed by atoms with Crippen molar-refractivity contribution in [1.29, 1.82) is 0 Å². The number of rotatable bonds is 9. The highest BCUT2D eigenvalue weighted by atomic mass is 35.5. The van der Waals surface area contributed by atoms with Crippen molar-refractivity contribution in [2.75, 3.05) is 19.7 Å². The van der Waals surface area contributed by atoms with Gasteiger partial charge in [0.05, 0.1) is 35.8 Å². The Bertz CT molecular complexity index is 1560. The van der Waals surface area contributed by atoms with Crippen LogP contribution < -0.4 is 4.74 Å². The van der Waals surface area contributed by atoms with Gasteiger partial charge in [0.1, 0.15) is 18.2 Å². The minimum atomic E-state index is -0.942. The van der Waals surface area contributed by atoms with E-state index in [1.54, 1.807) is 36.4 Å². The van der Waals surface area contributed by atoms with E-state index in [0.29, 0.717) is 35.5 Å². The minimum absolute atomic E-state index is 0.0821. The third-order valence-corrected chi connectivity index (χ3v) is 8.48. The number of carboxylic acid groups (broad SMARTS) is 1. The van der Waals surface area contributed by atoms with Gasteiger partial charge in [-0.3, -0.25) is 4.90 Å². The van der Waals surface area contributed by atoms with E-state index < -0.39 is 11.8 Å². The molecule has 10 heteroatoms. The summed E-state index contributed by atoms with van der Waals surface area (Å²) < 4.78 is 28.1. The molecular weight excluding hydrogens is 559 g/mol. The number of pyridine rings is 1. The topological polar surface area (TPSA) is 89.7 Å². The lowest BCUT2D eigenvalue weighted by atomic mass is 9.93. The second-order valence-corrected chi connectivity index (χ2v) is 11.5. The Hall–Kier alpha value is -3.53. The number of carboxylic acids is 1. The minimum Gasteiger partial charge on any atom is -0.478 e. The zero-order chi connectivity index (χ0) is 29.1. The van der Waals surface area contributed by atoms with Crippen molar-refractivity contribution in [3.05, 3.63) is 88.1 Å². The number of imidazole rings is 1. The molecule has 0 saturated carbocycles. The van der Waals surface area contributed by atoms with Crippen LogP contribution in [-0.4, -0.2) is 56.3 Å². The van der Waals surface area contributed by atoms with Crippen LogP contribution in [0.2, 0.25) is 5.02 Å². The van der Waals surface area contributed by atoms with Gasteiger partial charge in [0.15, 0.2) is 0 Å². The number of aromatic carboxylic acids is 1. The maximum Gasteiger partial charge on any atom is 0.335 e. The Morgan fingerprint density at radius 2 is 1.93 bits per heavy atom. The first-order valence-corrected chi connectivity index (χ1v) is 14.9. The van der Waals surface area contributed by atoms with Gasteiger partial charge in [-0.2, -0.15) is 0 Å². The predicted octanol–water partition coefficient (Wildman–Crippen LogP) is 6.45. The first kappa shape index (κ1) is 28.6. The number of nitrogens with zero attached hydrogens (tertiary/aromatic N) is 4. The van der Waals surface area contributed by atoms with Gasteiger partial charge in [-0.1, -0.05) is 23.7 Å². The van der Waals surface area contributed by atoms with Crippen molar-refractivity contribution in [3.8, 4) is 5.88 Å². The summed E-state index contributed by atoms with van der Waals surface area (Å²) in [5.41, 5.74) is 3.32. The van der Waals surface area contributed by atoms with Gasteiger partial charge in [0.2, 0.25) is 5.88 Å². The van der Waals surface area contributed by atoms with E-state index in [0.717, 1.165) is 74.4 Å². The van der Waals surface area contributed by atoms with Crippen molar-refractivity contribution in [1.82, 2.24) is 19.4 Å². The van der Waals surface area contributed by atoms with Crippen molar-refractivity contribution in [2.45, 2.75) is 63.8 Å². The van der Waals surface area contributed by atoms with Gasteiger partial charge in [-0.25, -0.2) is 19.2 Å². The van der Waals surface area contributed by atoms with E-state index in [2.05, 4.69) is 9.47 Å². The Balaban J connectivity index is 1.12. The van der Waals surface area contributed by atoms with Gasteiger partial charge in [-0.05, 0) is 81.6 Å². The Morgan fingerprint density at radius 3 is 2.69 bits per heavy atom. The molecule has 4 aromatic rings. The third kappa shape index (κ3) is 6.59. The molecule has 1 unspecified atom stereocenters. The third-order valence-electron chi connectivity index (χ3n) is 8.24. The van der Waals surface area contributed by atoms with E-state index in [1.165, 1.54) is 6.07 Å². The summed E-state index contributed by atoms with van der Waals surface area (Å²) in [4.78, 5) is 23.7. The number of carbonyl (C=O) groups is 1. The number of benzene rings is 2. The molecule has 2 saturated heterocycles. The van der Waals surface area contributed by atoms with Crippen molar-refractivity contribution < 1.29 is 23.8 Å². The Morgan fingerprint density at radius 1 is 1.07 bits per heavy atom. The molecule has 2 aromatic carbocycles. The SMILES string of the molecule is O=C(O)c1ccc2nc(CN3CCC(c4cccc(OCc5ccc(Cl)cc5F)n4)CC3)n(CC3CCCCO3)c2c1. The summed E-state index contributed by atoms with van der Waals surface area (Å²) in [5.74, 6) is 0.368. The Kier molecular flexibility index (Phi) is 8.69. The van der Waals surface area contributed by atoms with Gasteiger partial charge >= 0.3 is 5.97 Å². The summed E-state index contributed by atoms with van der Waals surface area (Å²) in [7, 11) is 0. The number of aromatic nitrogens is 3. The summed E-state index contributed by atoms with van der Waals surface area (Å²) in [6, 6.07) is 15.5. The highest BCUT2D eigenvalue weighted by Crippen LogP contribution is 2.30. The molecule has 1 N–H and O–H groups in total. The number of fused-ring (bicyclic) bond motifs is 1. The molecule has 42 heavy (non-hydrogen) atoms. The molecule has 0 aliphatic carbocycles. The first-order chi connectivity index (χ1) is 20.4. The summed E-state index contributed by atoms with van der Waals surface area (Å²) in [6.45, 7) is 3.97. The molecule has 220 valence electrons. The van der Waals surface area contributed by atoms with Gasteiger partial charge in [0.25, 0.3) is 0 Å². The molecule has 2 aliphatic rings. The van der Waals surface area contributed by atoms with Crippen molar-refractivity contribution in [2.24, 2.45) is 0 Å². The highest BCUT2D eigenvalue weighted by molar-refractivity contribution is 6.30. The maximum absolute atomic E-state index is 14.1. The van der Waals surface area contributed by atoms with E-state index in [1.807, 2.05) is 12.1 Å². The lowest BCUT2D eigenvalue weighted by Crippen LogP contribution is -2.34. The molecule has 0 spiro atoms. The summed E-state index contributed by atoms with van der Waals surface area (Å²) in [5, 5.41) is 9.92. The molecule has 1 atom stereocenters. The fraction of sp³-hybridized carbons (Fsp3) is 0.406. The fourth-order valence-corrected chi connectivity index (χ4v) is 6.06. The molecule has 0 bridgehead atoms. The van der Waals surface area contributed by atoms with Gasteiger partial charge in [0, 0.05) is 34.9 Å². The summed E-state index contributed by atoms with van der Waals surface area (Å²) >= 11 is 5.85. The number of hydrogen-bond acceptors (Lipinski definition) is 6. The van der Waals surface area contributed by atoms with Gasteiger partial charge in [-0.15, -0.1) is 0 Å². The number of piperidine rings is 1. The molecule has 6 rings (SSSR count). The van der Waals surface area contributed by atoms with Gasteiger partial charge < -0.3 is 19.1 Å². The van der Waals surface area contributed by atoms with E-state index in [9.17, 15) is 14.3 Å². The van der Waals surface area contributed by atoms with Crippen molar-refractivity contribution >= 4 is 28.6 Å². The molecule has 2 aliphatic heterocycles. The van der Waals surface area contributed by atoms with Crippen LogP contribution in [-0.2, 0) is 24.4 Å². The number of likely N-dealkylation sites (tertiary alicyclic amines) is 1. The first-order valence-electron chi connectivity index (χ1n) is 14.5. The average molecular weight is 593 g/mol. The molecule has 0 radical (unpaired) electrons. The number of ether oxygens (including phenoxy) is 2. The van der Waals surface area contributed by atoms with Crippen LogP contribution in [0.25, 0.3) is 11.0 Å². The van der Waals surface area contributed by atoms with Crippen molar-refractivity contribution in [3.63, 3.8) is 0 Å². The second kappa shape index (κ2) is 12.8. The number of halogens is 2. The van der Waals surface area contributed by atoms with Crippen LogP contribution >= 0.6 is 11.6 Å². The molecule has 4 heterocycles. The quantitative estimate of drug-likeness (QED) is 0.239. The Labute approximate surface area is 249 Å². The van der Waals surface area contributed by atoms with Crippen LogP contribution in [0, 0.1) is 5.82 Å². The largest absolute Gasteiger partial charge is 0.478 e. The van der Waals surface area contributed by atoms with Crippen LogP contribution in [0.15, 0.2) is 54.6 Å². The zero-order valence-corrected chi connectivity index (χ0v) is 24.1. The monoisotopic (exact) mass is 592 g/mol. The lowest BCUT2D eigenvalue weighted by Gasteiger charge is -2.32. The van der Waals surface area contributed by atoms with Crippen LogP contribution in [0.4, 0.5) is 4.39 Å². The van der Waals surface area contributed by atoms with E-state index >= 15 is 0 Å². The number of hydrogen-bond donors (Lipinski definition) is 1. The standard InChI is InChI=1S/C32H34ClFN4O4/c33-24-9-7-23(26(34)17-24)20-42-31-6-3-5-27(36-31)21-11-13-37(14-12-21)19-30-35-28-10-8-22(32(39)40)16-29(28)38(30)18-25-4-1-2-15-41-25/h3,5-10,16-17,21,25H,1-2,4,11-15,18-20H2,(H,39,40).